The Morgan fingerprint density at radius 2 is 0.476 bits per heavy atom. The Morgan fingerprint density at radius 1 is 0.256 bits per heavy atom. The number of hydrogen-bond donors (Lipinski definition) is 0. The highest BCUT2D eigenvalue weighted by molar-refractivity contribution is 5.71. The first kappa shape index (κ1) is 77.5. The van der Waals surface area contributed by atoms with Crippen LogP contribution < -0.4 is 0 Å². The SMILES string of the molecule is CC/C=C\C/C=C\C/C=C\C/C=C\C/C=C\C/C=C\CCCCCCC(=O)OC(COC(=O)CCCCCCC/C=C\CCCCCCC)COC(=O)CCCCCCCCCCCCCCCC/C=C\C/C=C\C/C=C\C/C=C\CC. The second kappa shape index (κ2) is 69.0. The van der Waals surface area contributed by atoms with Gasteiger partial charge in [-0.2, -0.15) is 0 Å². The molecule has 466 valence electrons. The Balaban J connectivity index is 4.37. The van der Waals surface area contributed by atoms with Crippen LogP contribution in [0.3, 0.4) is 0 Å². The van der Waals surface area contributed by atoms with Crippen LogP contribution in [-0.2, 0) is 28.6 Å². The molecule has 1 atom stereocenters. The van der Waals surface area contributed by atoms with Crippen molar-refractivity contribution in [1.82, 2.24) is 0 Å². The van der Waals surface area contributed by atoms with Crippen LogP contribution in [0, 0.1) is 0 Å². The first-order chi connectivity index (χ1) is 40.5. The second-order valence-corrected chi connectivity index (χ2v) is 22.3. The third-order valence-corrected chi connectivity index (χ3v) is 14.4. The van der Waals surface area contributed by atoms with Gasteiger partial charge in [-0.3, -0.25) is 14.4 Å². The maximum atomic E-state index is 12.9. The maximum absolute atomic E-state index is 12.9. The summed E-state index contributed by atoms with van der Waals surface area (Å²) >= 11 is 0. The van der Waals surface area contributed by atoms with E-state index in [9.17, 15) is 14.4 Å². The van der Waals surface area contributed by atoms with E-state index in [1.807, 2.05) is 0 Å². The van der Waals surface area contributed by atoms with E-state index < -0.39 is 6.10 Å². The molecule has 6 heteroatoms. The van der Waals surface area contributed by atoms with Crippen molar-refractivity contribution in [1.29, 1.82) is 0 Å². The first-order valence-electron chi connectivity index (χ1n) is 34.2. The predicted molar refractivity (Wildman–Crippen MR) is 357 cm³/mol. The van der Waals surface area contributed by atoms with Gasteiger partial charge in [0.15, 0.2) is 6.10 Å². The molecule has 0 spiro atoms. The molecule has 0 aromatic rings. The smallest absolute Gasteiger partial charge is 0.306 e. The zero-order valence-corrected chi connectivity index (χ0v) is 53.5. The molecule has 0 heterocycles. The number of esters is 3. The van der Waals surface area contributed by atoms with Crippen molar-refractivity contribution >= 4 is 17.9 Å². The van der Waals surface area contributed by atoms with E-state index in [0.717, 1.165) is 141 Å². The van der Waals surface area contributed by atoms with Crippen LogP contribution in [-0.4, -0.2) is 37.2 Å². The van der Waals surface area contributed by atoms with Crippen LogP contribution in [0.1, 0.15) is 310 Å². The molecule has 0 radical (unpaired) electrons. The number of hydrogen-bond acceptors (Lipinski definition) is 6. The topological polar surface area (TPSA) is 78.9 Å². The highest BCUT2D eigenvalue weighted by Gasteiger charge is 2.19. The van der Waals surface area contributed by atoms with Crippen molar-refractivity contribution in [2.75, 3.05) is 13.2 Å². The molecule has 0 aromatic carbocycles. The lowest BCUT2D eigenvalue weighted by Crippen LogP contribution is -2.30. The van der Waals surface area contributed by atoms with E-state index in [0.29, 0.717) is 19.3 Å². The van der Waals surface area contributed by atoms with Crippen molar-refractivity contribution in [3.63, 3.8) is 0 Å². The third kappa shape index (κ3) is 66.4. The lowest BCUT2D eigenvalue weighted by molar-refractivity contribution is -0.167. The fourth-order valence-corrected chi connectivity index (χ4v) is 9.32. The fraction of sp³-hybridized carbons (Fsp3) is 0.671. The van der Waals surface area contributed by atoms with Crippen molar-refractivity contribution in [3.8, 4) is 0 Å². The number of ether oxygens (including phenoxy) is 3. The van der Waals surface area contributed by atoms with Gasteiger partial charge in [0.25, 0.3) is 0 Å². The number of unbranched alkanes of at least 4 members (excludes halogenated alkanes) is 28. The van der Waals surface area contributed by atoms with Gasteiger partial charge in [0, 0.05) is 19.3 Å². The largest absolute Gasteiger partial charge is 0.462 e. The fourth-order valence-electron chi connectivity index (χ4n) is 9.32. The lowest BCUT2D eigenvalue weighted by atomic mass is 10.0. The van der Waals surface area contributed by atoms with Gasteiger partial charge in [-0.15, -0.1) is 0 Å². The summed E-state index contributed by atoms with van der Waals surface area (Å²) in [5, 5.41) is 0. The Hall–Kier alpha value is -4.45. The van der Waals surface area contributed by atoms with Gasteiger partial charge in [0.1, 0.15) is 13.2 Å². The molecular weight excluding hydrogens is 1010 g/mol. The van der Waals surface area contributed by atoms with E-state index in [1.165, 1.54) is 128 Å². The van der Waals surface area contributed by atoms with Crippen LogP contribution in [0.15, 0.2) is 134 Å². The monoisotopic (exact) mass is 1130 g/mol. The van der Waals surface area contributed by atoms with Gasteiger partial charge in [-0.1, -0.05) is 289 Å². The summed E-state index contributed by atoms with van der Waals surface area (Å²) in [5.41, 5.74) is 0. The van der Waals surface area contributed by atoms with E-state index in [1.54, 1.807) is 0 Å². The van der Waals surface area contributed by atoms with Gasteiger partial charge >= 0.3 is 17.9 Å². The normalized spacial score (nSPS) is 13.0. The van der Waals surface area contributed by atoms with E-state index >= 15 is 0 Å². The number of allylic oxidation sites excluding steroid dienone is 22. The Morgan fingerprint density at radius 3 is 0.756 bits per heavy atom. The van der Waals surface area contributed by atoms with Crippen molar-refractivity contribution < 1.29 is 28.6 Å². The van der Waals surface area contributed by atoms with E-state index in [2.05, 4.69) is 154 Å². The summed E-state index contributed by atoms with van der Waals surface area (Å²) < 4.78 is 16.9. The molecule has 0 rings (SSSR count). The number of carbonyl (C=O) groups excluding carboxylic acids is 3. The number of rotatable bonds is 61. The Bertz CT molecular complexity index is 1730. The van der Waals surface area contributed by atoms with Crippen LogP contribution in [0.4, 0.5) is 0 Å². The summed E-state index contributed by atoms with van der Waals surface area (Å²) in [6.07, 6.45) is 97.5. The average Bonchev–Trinajstić information content (AvgIpc) is 3.47. The van der Waals surface area contributed by atoms with Crippen molar-refractivity contribution in [3.05, 3.63) is 134 Å². The number of carbonyl (C=O) groups is 3. The molecule has 0 aliphatic heterocycles. The van der Waals surface area contributed by atoms with Gasteiger partial charge in [-0.25, -0.2) is 0 Å². The minimum Gasteiger partial charge on any atom is -0.462 e. The summed E-state index contributed by atoms with van der Waals surface area (Å²) in [4.78, 5) is 38.4. The van der Waals surface area contributed by atoms with Crippen LogP contribution in [0.25, 0.3) is 0 Å². The summed E-state index contributed by atoms with van der Waals surface area (Å²) in [5.74, 6) is -0.921. The molecular formula is C76H126O6. The van der Waals surface area contributed by atoms with Gasteiger partial charge in [-0.05, 0) is 135 Å². The molecule has 0 N–H and O–H groups in total. The molecule has 0 aliphatic carbocycles. The quantitative estimate of drug-likeness (QED) is 0.0261. The van der Waals surface area contributed by atoms with E-state index in [4.69, 9.17) is 14.2 Å². The van der Waals surface area contributed by atoms with Gasteiger partial charge < -0.3 is 14.2 Å². The third-order valence-electron chi connectivity index (χ3n) is 14.4. The van der Waals surface area contributed by atoms with Crippen molar-refractivity contribution in [2.24, 2.45) is 0 Å². The standard InChI is InChI=1S/C76H126O6/c1-4-7-10-13-16-19-22-25-28-30-32-34-36-37-38-39-41-42-44-46-48-51-54-57-60-63-66-69-75(78)81-72-73(71-80-74(77)68-65-62-59-56-53-50-27-24-21-18-15-12-9-6-3)82-76(79)70-67-64-61-58-55-52-49-47-45-43-40-35-33-31-29-26-23-20-17-14-11-8-5-2/h7-8,10-11,16-17,19-20,24-29,32-35,43,45,49,52,73H,4-6,9,12-15,18,21-23,30-31,36-42,44,46-48,50-51,53-72H2,1-3H3/b10-7-,11-8-,19-16-,20-17-,27-24-,28-25-,29-26-,34-32-,35-33-,45-43-,52-49-. The maximum Gasteiger partial charge on any atom is 0.306 e. The molecule has 0 bridgehead atoms. The lowest BCUT2D eigenvalue weighted by Gasteiger charge is -2.18. The van der Waals surface area contributed by atoms with Crippen LogP contribution >= 0.6 is 0 Å². The summed E-state index contributed by atoms with van der Waals surface area (Å²) in [6.45, 7) is 6.40. The van der Waals surface area contributed by atoms with Crippen molar-refractivity contribution in [2.45, 2.75) is 316 Å². The summed E-state index contributed by atoms with van der Waals surface area (Å²) in [6, 6.07) is 0. The zero-order valence-electron chi connectivity index (χ0n) is 53.5. The molecule has 0 saturated carbocycles. The second-order valence-electron chi connectivity index (χ2n) is 22.3. The van der Waals surface area contributed by atoms with E-state index in [-0.39, 0.29) is 31.1 Å². The minimum atomic E-state index is -0.801. The molecule has 0 fully saturated rings. The molecule has 82 heavy (non-hydrogen) atoms. The Kier molecular flexibility index (Phi) is 65.3. The average molecular weight is 1140 g/mol. The molecule has 1 unspecified atom stereocenters. The van der Waals surface area contributed by atoms with Gasteiger partial charge in [0.2, 0.25) is 0 Å². The van der Waals surface area contributed by atoms with Gasteiger partial charge in [0.05, 0.1) is 0 Å². The molecule has 0 saturated heterocycles. The highest BCUT2D eigenvalue weighted by Crippen LogP contribution is 2.16. The Labute approximate surface area is 506 Å². The molecule has 0 amide bonds. The molecule has 0 aliphatic rings. The van der Waals surface area contributed by atoms with Crippen LogP contribution in [0.5, 0.6) is 0 Å². The molecule has 0 aromatic heterocycles. The highest BCUT2D eigenvalue weighted by atomic mass is 16.6. The molecule has 6 nitrogen and oxygen atoms in total. The summed E-state index contributed by atoms with van der Waals surface area (Å²) in [7, 11) is 0. The van der Waals surface area contributed by atoms with Crippen LogP contribution in [0.2, 0.25) is 0 Å². The first-order valence-corrected chi connectivity index (χ1v) is 34.2. The zero-order chi connectivity index (χ0) is 59.2. The minimum absolute atomic E-state index is 0.0935. The predicted octanol–water partition coefficient (Wildman–Crippen LogP) is 23.7.